The van der Waals surface area contributed by atoms with Gasteiger partial charge in [0.15, 0.2) is 16.6 Å². The quantitative estimate of drug-likeness (QED) is 0.258. The van der Waals surface area contributed by atoms with Gasteiger partial charge in [0.05, 0.1) is 36.1 Å². The second-order valence-corrected chi connectivity index (χ2v) is 10.8. The van der Waals surface area contributed by atoms with Crippen LogP contribution in [0.3, 0.4) is 0 Å². The van der Waals surface area contributed by atoms with E-state index in [1.165, 1.54) is 24.2 Å². The minimum absolute atomic E-state index is 0.161. The average molecular weight is 586 g/mol. The van der Waals surface area contributed by atoms with Crippen molar-refractivity contribution in [2.45, 2.75) is 18.9 Å². The molecule has 1 fully saturated rings. The minimum atomic E-state index is -1.05. The highest BCUT2D eigenvalue weighted by atomic mass is 32.1. The molecule has 11 heteroatoms. The molecule has 0 radical (unpaired) electrons. The van der Waals surface area contributed by atoms with Gasteiger partial charge in [-0.15, -0.1) is 0 Å². The number of benzene rings is 3. The van der Waals surface area contributed by atoms with Gasteiger partial charge >= 0.3 is 0 Å². The molecule has 1 atom stereocenters. The van der Waals surface area contributed by atoms with E-state index in [-0.39, 0.29) is 5.91 Å². The summed E-state index contributed by atoms with van der Waals surface area (Å²) in [6.07, 6.45) is 1.37. The molecule has 0 saturated carbocycles. The first-order chi connectivity index (χ1) is 20.5. The van der Waals surface area contributed by atoms with E-state index in [0.717, 1.165) is 24.3 Å². The number of amides is 2. The lowest BCUT2D eigenvalue weighted by Crippen LogP contribution is -2.33. The number of nitriles is 1. The maximum Gasteiger partial charge on any atom is 0.271 e. The number of carbonyl (C=O) groups is 2. The summed E-state index contributed by atoms with van der Waals surface area (Å²) in [6, 6.07) is 18.9. The Bertz CT molecular complexity index is 1550. The van der Waals surface area contributed by atoms with Gasteiger partial charge in [0, 0.05) is 36.3 Å². The van der Waals surface area contributed by atoms with Gasteiger partial charge in [-0.2, -0.15) is 5.26 Å². The molecule has 1 aliphatic heterocycles. The normalized spacial score (nSPS) is 13.7. The highest BCUT2D eigenvalue weighted by Gasteiger charge is 2.25. The Morgan fingerprint density at radius 2 is 1.71 bits per heavy atom. The molecule has 0 aliphatic carbocycles. The standard InChI is InChI=1S/C31H31N5O5S/c1-39-25-17-24-27(18-26(25)40-2)42-31(34-24)35-30(38)28(21-7-5-20(19-32)6-8-21)41-23-11-9-22(10-12-23)29(37)33-13-16-36-14-3-4-15-36/h5-12,17-18,28H,3-4,13-16H2,1-2H3,(H,33,37)(H,34,35,38). The molecule has 216 valence electrons. The molecule has 0 bridgehead atoms. The monoisotopic (exact) mass is 585 g/mol. The minimum Gasteiger partial charge on any atom is -0.493 e. The van der Waals surface area contributed by atoms with Gasteiger partial charge in [0.1, 0.15) is 5.75 Å². The molecule has 42 heavy (non-hydrogen) atoms. The second kappa shape index (κ2) is 13.3. The number of thiazole rings is 1. The molecule has 0 spiro atoms. The summed E-state index contributed by atoms with van der Waals surface area (Å²) in [5.41, 5.74) is 2.17. The van der Waals surface area contributed by atoms with E-state index in [1.807, 2.05) is 0 Å². The summed E-state index contributed by atoms with van der Waals surface area (Å²) in [7, 11) is 3.11. The molecule has 5 rings (SSSR count). The molecule has 2 amide bonds. The number of methoxy groups -OCH3 is 2. The van der Waals surface area contributed by atoms with E-state index in [9.17, 15) is 14.9 Å². The number of nitrogens with one attached hydrogen (secondary N) is 2. The van der Waals surface area contributed by atoms with Crippen molar-refractivity contribution in [2.24, 2.45) is 0 Å². The maximum absolute atomic E-state index is 13.5. The van der Waals surface area contributed by atoms with Crippen LogP contribution >= 0.6 is 11.3 Å². The largest absolute Gasteiger partial charge is 0.493 e. The van der Waals surface area contributed by atoms with Crippen molar-refractivity contribution in [3.8, 4) is 23.3 Å². The van der Waals surface area contributed by atoms with E-state index in [1.54, 1.807) is 74.9 Å². The number of aromatic nitrogens is 1. The number of anilines is 1. The number of hydrogen-bond acceptors (Lipinski definition) is 9. The Kier molecular flexibility index (Phi) is 9.16. The topological polar surface area (TPSA) is 126 Å². The predicted octanol–water partition coefficient (Wildman–Crippen LogP) is 4.77. The number of fused-ring (bicyclic) bond motifs is 1. The van der Waals surface area contributed by atoms with Crippen molar-refractivity contribution in [3.63, 3.8) is 0 Å². The zero-order valence-electron chi connectivity index (χ0n) is 23.4. The van der Waals surface area contributed by atoms with Crippen LogP contribution in [-0.2, 0) is 4.79 Å². The van der Waals surface area contributed by atoms with Crippen LogP contribution in [0.5, 0.6) is 17.2 Å². The van der Waals surface area contributed by atoms with Crippen LogP contribution in [0.2, 0.25) is 0 Å². The molecule has 2 N–H and O–H groups in total. The molecule has 4 aromatic rings. The number of rotatable bonds is 11. The van der Waals surface area contributed by atoms with Crippen molar-refractivity contribution in [2.75, 3.05) is 45.7 Å². The number of carbonyl (C=O) groups excluding carboxylic acids is 2. The van der Waals surface area contributed by atoms with E-state index in [2.05, 4.69) is 26.6 Å². The number of nitrogens with zero attached hydrogens (tertiary/aromatic N) is 3. The van der Waals surface area contributed by atoms with Crippen LogP contribution < -0.4 is 24.8 Å². The van der Waals surface area contributed by atoms with Crippen molar-refractivity contribution in [3.05, 3.63) is 77.4 Å². The fraction of sp³-hybridized carbons (Fsp3) is 0.290. The first kappa shape index (κ1) is 28.9. The highest BCUT2D eigenvalue weighted by Crippen LogP contribution is 2.36. The zero-order valence-corrected chi connectivity index (χ0v) is 24.2. The third-order valence-corrected chi connectivity index (χ3v) is 7.92. The molecule has 10 nitrogen and oxygen atoms in total. The molecule has 1 saturated heterocycles. The second-order valence-electron chi connectivity index (χ2n) is 9.74. The van der Waals surface area contributed by atoms with Gasteiger partial charge in [-0.25, -0.2) is 4.98 Å². The van der Waals surface area contributed by atoms with Crippen molar-refractivity contribution in [1.82, 2.24) is 15.2 Å². The summed E-state index contributed by atoms with van der Waals surface area (Å²) in [6.45, 7) is 3.59. The van der Waals surface area contributed by atoms with Gasteiger partial charge in [-0.3, -0.25) is 14.9 Å². The molecular formula is C31H31N5O5S. The SMILES string of the molecule is COc1cc2nc(NC(=O)C(Oc3ccc(C(=O)NCCN4CCCC4)cc3)c3ccc(C#N)cc3)sc2cc1OC. The molecular weight excluding hydrogens is 554 g/mol. The Hall–Kier alpha value is -4.66. The summed E-state index contributed by atoms with van der Waals surface area (Å²) in [4.78, 5) is 33.0. The predicted molar refractivity (Wildman–Crippen MR) is 160 cm³/mol. The van der Waals surface area contributed by atoms with Gasteiger partial charge < -0.3 is 24.4 Å². The van der Waals surface area contributed by atoms with Crippen LogP contribution in [-0.4, -0.2) is 62.1 Å². The first-order valence-corrected chi connectivity index (χ1v) is 14.4. The fourth-order valence-electron chi connectivity index (χ4n) is 4.74. The molecule has 3 aromatic carbocycles. The first-order valence-electron chi connectivity index (χ1n) is 13.6. The third-order valence-electron chi connectivity index (χ3n) is 6.99. The lowest BCUT2D eigenvalue weighted by molar-refractivity contribution is -0.123. The Morgan fingerprint density at radius 3 is 2.38 bits per heavy atom. The summed E-state index contributed by atoms with van der Waals surface area (Å²) in [5, 5.41) is 15.4. The van der Waals surface area contributed by atoms with Crippen molar-refractivity contribution in [1.29, 1.82) is 5.26 Å². The summed E-state index contributed by atoms with van der Waals surface area (Å²) >= 11 is 1.29. The number of likely N-dealkylation sites (tertiary alicyclic amines) is 1. The lowest BCUT2D eigenvalue weighted by Gasteiger charge is -2.19. The Morgan fingerprint density at radius 1 is 1.02 bits per heavy atom. The molecule has 1 aliphatic rings. The molecule has 1 aromatic heterocycles. The van der Waals surface area contributed by atoms with E-state index in [4.69, 9.17) is 14.2 Å². The van der Waals surface area contributed by atoms with E-state index < -0.39 is 12.0 Å². The Labute approximate surface area is 247 Å². The third kappa shape index (κ3) is 6.79. The van der Waals surface area contributed by atoms with Crippen LogP contribution in [0.25, 0.3) is 10.2 Å². The van der Waals surface area contributed by atoms with Crippen LogP contribution in [0, 0.1) is 11.3 Å². The maximum atomic E-state index is 13.5. The van der Waals surface area contributed by atoms with E-state index in [0.29, 0.717) is 51.1 Å². The molecule has 1 unspecified atom stereocenters. The van der Waals surface area contributed by atoms with E-state index >= 15 is 0 Å². The number of hydrogen-bond donors (Lipinski definition) is 2. The number of ether oxygens (including phenoxy) is 3. The average Bonchev–Trinajstić information content (AvgIpc) is 3.68. The van der Waals surface area contributed by atoms with Gasteiger partial charge in [-0.1, -0.05) is 23.5 Å². The van der Waals surface area contributed by atoms with Crippen LogP contribution in [0.4, 0.5) is 5.13 Å². The van der Waals surface area contributed by atoms with Crippen LogP contribution in [0.15, 0.2) is 60.7 Å². The fourth-order valence-corrected chi connectivity index (χ4v) is 5.62. The van der Waals surface area contributed by atoms with Crippen molar-refractivity contribution >= 4 is 38.5 Å². The van der Waals surface area contributed by atoms with Gasteiger partial charge in [0.25, 0.3) is 11.8 Å². The summed E-state index contributed by atoms with van der Waals surface area (Å²) in [5.74, 6) is 0.907. The van der Waals surface area contributed by atoms with Gasteiger partial charge in [0.2, 0.25) is 6.10 Å². The summed E-state index contributed by atoms with van der Waals surface area (Å²) < 4.78 is 17.7. The van der Waals surface area contributed by atoms with Gasteiger partial charge in [-0.05, 0) is 62.3 Å². The Balaban J connectivity index is 1.31. The smallest absolute Gasteiger partial charge is 0.271 e. The molecule has 2 heterocycles. The van der Waals surface area contributed by atoms with Crippen molar-refractivity contribution < 1.29 is 23.8 Å². The lowest BCUT2D eigenvalue weighted by atomic mass is 10.1. The van der Waals surface area contributed by atoms with Crippen LogP contribution in [0.1, 0.15) is 40.4 Å². The zero-order chi connectivity index (χ0) is 29.5. The highest BCUT2D eigenvalue weighted by molar-refractivity contribution is 7.22.